The molecule has 0 atom stereocenters. The molecule has 3 rings (SSSR count). The zero-order valence-corrected chi connectivity index (χ0v) is 14.6. The Bertz CT molecular complexity index is 901. The second kappa shape index (κ2) is 6.95. The number of sulfonamides is 1. The standard InChI is InChI=1S/C18H19NO5S/c1-13-4-2-3-5-17(13)14-10-15(18(20)21)12-16(11-14)25(22,23)19-6-8-24-9-7-19/h2-5,10-12H,6-9H2,1H3,(H,20,21). The zero-order valence-electron chi connectivity index (χ0n) is 13.8. The summed E-state index contributed by atoms with van der Waals surface area (Å²) in [5, 5.41) is 9.40. The summed E-state index contributed by atoms with van der Waals surface area (Å²) >= 11 is 0. The number of carbonyl (C=O) groups is 1. The van der Waals surface area contributed by atoms with Gasteiger partial charge < -0.3 is 9.84 Å². The van der Waals surface area contributed by atoms with Gasteiger partial charge in [0.2, 0.25) is 10.0 Å². The number of benzene rings is 2. The van der Waals surface area contributed by atoms with E-state index in [0.29, 0.717) is 18.8 Å². The second-order valence-electron chi connectivity index (χ2n) is 5.88. The minimum atomic E-state index is -3.77. The maximum Gasteiger partial charge on any atom is 0.335 e. The van der Waals surface area contributed by atoms with Crippen molar-refractivity contribution >= 4 is 16.0 Å². The highest BCUT2D eigenvalue weighted by molar-refractivity contribution is 7.89. The second-order valence-corrected chi connectivity index (χ2v) is 7.82. The highest BCUT2D eigenvalue weighted by atomic mass is 32.2. The van der Waals surface area contributed by atoms with Gasteiger partial charge in [0, 0.05) is 13.1 Å². The summed E-state index contributed by atoms with van der Waals surface area (Å²) in [5.41, 5.74) is 2.28. The fraction of sp³-hybridized carbons (Fsp3) is 0.278. The van der Waals surface area contributed by atoms with Gasteiger partial charge in [-0.1, -0.05) is 24.3 Å². The molecule has 2 aromatic carbocycles. The van der Waals surface area contributed by atoms with Crippen LogP contribution in [0, 0.1) is 6.92 Å². The fourth-order valence-electron chi connectivity index (χ4n) is 2.86. The minimum Gasteiger partial charge on any atom is -0.478 e. The number of ether oxygens (including phenoxy) is 1. The maximum absolute atomic E-state index is 12.9. The van der Waals surface area contributed by atoms with Gasteiger partial charge in [-0.25, -0.2) is 13.2 Å². The van der Waals surface area contributed by atoms with Gasteiger partial charge >= 0.3 is 5.97 Å². The normalized spacial score (nSPS) is 15.9. The lowest BCUT2D eigenvalue weighted by Gasteiger charge is -2.26. The average molecular weight is 361 g/mol. The van der Waals surface area contributed by atoms with E-state index in [2.05, 4.69) is 0 Å². The number of hydrogen-bond donors (Lipinski definition) is 1. The van der Waals surface area contributed by atoms with Crippen molar-refractivity contribution in [2.45, 2.75) is 11.8 Å². The molecule has 2 aromatic rings. The molecule has 1 heterocycles. The highest BCUT2D eigenvalue weighted by Crippen LogP contribution is 2.29. The molecule has 0 bridgehead atoms. The smallest absolute Gasteiger partial charge is 0.335 e. The minimum absolute atomic E-state index is 0.00690. The van der Waals surface area contributed by atoms with E-state index in [1.165, 1.54) is 16.4 Å². The van der Waals surface area contributed by atoms with Crippen LogP contribution in [0.15, 0.2) is 47.4 Å². The third-order valence-corrected chi connectivity index (χ3v) is 6.09. The maximum atomic E-state index is 12.9. The van der Waals surface area contributed by atoms with Crippen LogP contribution in [0.4, 0.5) is 0 Å². The number of hydrogen-bond acceptors (Lipinski definition) is 4. The molecule has 25 heavy (non-hydrogen) atoms. The van der Waals surface area contributed by atoms with Crippen molar-refractivity contribution in [2.24, 2.45) is 0 Å². The van der Waals surface area contributed by atoms with Gasteiger partial charge in [-0.15, -0.1) is 0 Å². The molecular formula is C18H19NO5S. The molecule has 1 aliphatic heterocycles. The van der Waals surface area contributed by atoms with Crippen LogP contribution in [-0.4, -0.2) is 50.1 Å². The van der Waals surface area contributed by atoms with Crippen molar-refractivity contribution in [1.82, 2.24) is 4.31 Å². The first kappa shape index (κ1) is 17.6. The Balaban J connectivity index is 2.14. The van der Waals surface area contributed by atoms with Crippen LogP contribution in [0.2, 0.25) is 0 Å². The molecule has 0 radical (unpaired) electrons. The molecule has 132 valence electrons. The summed E-state index contributed by atoms with van der Waals surface area (Å²) in [6.45, 7) is 3.10. The van der Waals surface area contributed by atoms with Crippen LogP contribution in [0.5, 0.6) is 0 Å². The van der Waals surface area contributed by atoms with Gasteiger partial charge in [-0.05, 0) is 41.8 Å². The lowest BCUT2D eigenvalue weighted by molar-refractivity contribution is 0.0696. The topological polar surface area (TPSA) is 83.9 Å². The van der Waals surface area contributed by atoms with Gasteiger partial charge in [-0.3, -0.25) is 0 Å². The van der Waals surface area contributed by atoms with Crippen molar-refractivity contribution in [3.8, 4) is 11.1 Å². The Morgan fingerprint density at radius 1 is 1.12 bits per heavy atom. The van der Waals surface area contributed by atoms with Crippen LogP contribution < -0.4 is 0 Å². The predicted octanol–water partition coefficient (Wildman–Crippen LogP) is 2.38. The van der Waals surface area contributed by atoms with Crippen LogP contribution in [-0.2, 0) is 14.8 Å². The van der Waals surface area contributed by atoms with Gasteiger partial charge in [-0.2, -0.15) is 4.31 Å². The van der Waals surface area contributed by atoms with E-state index < -0.39 is 16.0 Å². The summed E-state index contributed by atoms with van der Waals surface area (Å²) in [6.07, 6.45) is 0. The molecule has 0 saturated carbocycles. The van der Waals surface area contributed by atoms with Crippen LogP contribution in [0.25, 0.3) is 11.1 Å². The molecule has 1 saturated heterocycles. The van der Waals surface area contributed by atoms with Gasteiger partial charge in [0.1, 0.15) is 0 Å². The first-order valence-electron chi connectivity index (χ1n) is 7.92. The molecule has 6 nitrogen and oxygen atoms in total. The van der Waals surface area contributed by atoms with E-state index in [0.717, 1.165) is 11.1 Å². The Labute approximate surface area is 146 Å². The van der Waals surface area contributed by atoms with E-state index in [1.54, 1.807) is 6.07 Å². The highest BCUT2D eigenvalue weighted by Gasteiger charge is 2.27. The molecule has 1 N–H and O–H groups in total. The lowest BCUT2D eigenvalue weighted by Crippen LogP contribution is -2.40. The van der Waals surface area contributed by atoms with Gasteiger partial charge in [0.15, 0.2) is 0 Å². The van der Waals surface area contributed by atoms with Crippen LogP contribution >= 0.6 is 0 Å². The van der Waals surface area contributed by atoms with Crippen molar-refractivity contribution in [3.05, 3.63) is 53.6 Å². The summed E-state index contributed by atoms with van der Waals surface area (Å²) in [5.74, 6) is -1.16. The Morgan fingerprint density at radius 2 is 1.80 bits per heavy atom. The molecule has 0 aromatic heterocycles. The quantitative estimate of drug-likeness (QED) is 0.904. The third-order valence-electron chi connectivity index (χ3n) is 4.22. The molecular weight excluding hydrogens is 342 g/mol. The lowest BCUT2D eigenvalue weighted by atomic mass is 9.99. The zero-order chi connectivity index (χ0) is 18.0. The number of morpholine rings is 1. The van der Waals surface area contributed by atoms with E-state index >= 15 is 0 Å². The SMILES string of the molecule is Cc1ccccc1-c1cc(C(=O)O)cc(S(=O)(=O)N2CCOCC2)c1. The van der Waals surface area contributed by atoms with Crippen molar-refractivity contribution in [1.29, 1.82) is 0 Å². The summed E-state index contributed by atoms with van der Waals surface area (Å²) in [6, 6.07) is 11.7. The molecule has 7 heteroatoms. The van der Waals surface area contributed by atoms with Crippen LogP contribution in [0.1, 0.15) is 15.9 Å². The van der Waals surface area contributed by atoms with Crippen molar-refractivity contribution < 1.29 is 23.1 Å². The number of aromatic carboxylic acids is 1. The van der Waals surface area contributed by atoms with E-state index in [9.17, 15) is 18.3 Å². The Hall–Kier alpha value is -2.22. The van der Waals surface area contributed by atoms with Gasteiger partial charge in [0.05, 0.1) is 23.7 Å². The number of aryl methyl sites for hydroxylation is 1. The fourth-order valence-corrected chi connectivity index (χ4v) is 4.34. The first-order valence-corrected chi connectivity index (χ1v) is 9.36. The van der Waals surface area contributed by atoms with E-state index in [4.69, 9.17) is 4.74 Å². The van der Waals surface area contributed by atoms with Gasteiger partial charge in [0.25, 0.3) is 0 Å². The van der Waals surface area contributed by atoms with Crippen molar-refractivity contribution in [2.75, 3.05) is 26.3 Å². The number of carboxylic acid groups (broad SMARTS) is 1. The van der Waals surface area contributed by atoms with Crippen molar-refractivity contribution in [3.63, 3.8) is 0 Å². The summed E-state index contributed by atoms with van der Waals surface area (Å²) < 4.78 is 32.3. The molecule has 1 fully saturated rings. The van der Waals surface area contributed by atoms with E-state index in [-0.39, 0.29) is 23.5 Å². The third kappa shape index (κ3) is 3.58. The molecule has 1 aliphatic rings. The molecule has 0 aliphatic carbocycles. The molecule has 0 amide bonds. The monoisotopic (exact) mass is 361 g/mol. The number of carboxylic acids is 1. The van der Waals surface area contributed by atoms with Crippen LogP contribution in [0.3, 0.4) is 0 Å². The molecule has 0 spiro atoms. The number of rotatable bonds is 4. The van der Waals surface area contributed by atoms with E-state index in [1.807, 2.05) is 31.2 Å². The average Bonchev–Trinajstić information content (AvgIpc) is 2.62. The predicted molar refractivity (Wildman–Crippen MR) is 93.2 cm³/mol. The summed E-state index contributed by atoms with van der Waals surface area (Å²) in [7, 11) is -3.77. The Kier molecular flexibility index (Phi) is 4.89. The number of nitrogens with zero attached hydrogens (tertiary/aromatic N) is 1. The first-order chi connectivity index (χ1) is 11.9. The Morgan fingerprint density at radius 3 is 2.44 bits per heavy atom. The largest absolute Gasteiger partial charge is 0.478 e. The summed E-state index contributed by atoms with van der Waals surface area (Å²) in [4.78, 5) is 11.5. The molecule has 0 unspecified atom stereocenters.